The van der Waals surface area contributed by atoms with Crippen molar-refractivity contribution in [1.29, 1.82) is 0 Å². The molecule has 0 spiro atoms. The Morgan fingerprint density at radius 3 is 2.59 bits per heavy atom. The Morgan fingerprint density at radius 1 is 1.21 bits per heavy atom. The van der Waals surface area contributed by atoms with E-state index < -0.39 is 48.1 Å². The van der Waals surface area contributed by atoms with Crippen LogP contribution in [0, 0.1) is 0 Å². The average molecular weight is 474 g/mol. The molecule has 1 saturated heterocycles. The lowest BCUT2D eigenvalue weighted by atomic mass is 10.0. The van der Waals surface area contributed by atoms with Crippen molar-refractivity contribution in [2.75, 3.05) is 6.54 Å². The Kier molecular flexibility index (Phi) is 7.90. The number of benzene rings is 1. The van der Waals surface area contributed by atoms with Crippen molar-refractivity contribution in [3.63, 3.8) is 0 Å². The number of carbonyl (C=O) groups is 4. The van der Waals surface area contributed by atoms with Gasteiger partial charge in [0.25, 0.3) is 0 Å². The number of nitrogens with one attached hydrogen (secondary N) is 3. The molecule has 7 N–H and O–H groups in total. The van der Waals surface area contributed by atoms with E-state index in [9.17, 15) is 24.3 Å². The van der Waals surface area contributed by atoms with Crippen LogP contribution in [0.5, 0.6) is 0 Å². The number of hydrogen-bond acceptors (Lipinski definition) is 6. The van der Waals surface area contributed by atoms with Crippen LogP contribution in [-0.4, -0.2) is 80.6 Å². The number of carboxylic acid groups (broad SMARTS) is 1. The van der Waals surface area contributed by atoms with Gasteiger partial charge < -0.3 is 36.5 Å². The fourth-order valence-electron chi connectivity index (χ4n) is 4.18. The van der Waals surface area contributed by atoms with E-state index in [0.717, 1.165) is 16.5 Å². The zero-order valence-electron chi connectivity index (χ0n) is 19.2. The lowest BCUT2D eigenvalue weighted by Crippen LogP contribution is -2.57. The molecular weight excluding hydrogens is 442 g/mol. The first-order valence-electron chi connectivity index (χ1n) is 11.2. The molecule has 1 aliphatic heterocycles. The highest BCUT2D eigenvalue weighted by atomic mass is 16.4. The highest BCUT2D eigenvalue weighted by molar-refractivity contribution is 5.94. The van der Waals surface area contributed by atoms with Crippen molar-refractivity contribution in [2.45, 2.75) is 63.4 Å². The lowest BCUT2D eigenvalue weighted by molar-refractivity contribution is -0.145. The van der Waals surface area contributed by atoms with Crippen LogP contribution < -0.4 is 16.4 Å². The first-order chi connectivity index (χ1) is 16.1. The van der Waals surface area contributed by atoms with E-state index in [1.54, 1.807) is 0 Å². The summed E-state index contributed by atoms with van der Waals surface area (Å²) in [5.74, 6) is -3.01. The fraction of sp³-hybridized carbons (Fsp3) is 0.478. The van der Waals surface area contributed by atoms with Crippen LogP contribution >= 0.6 is 0 Å². The van der Waals surface area contributed by atoms with Gasteiger partial charge in [-0.2, -0.15) is 0 Å². The van der Waals surface area contributed by atoms with E-state index in [4.69, 9.17) is 10.8 Å². The smallest absolute Gasteiger partial charge is 0.328 e. The second-order valence-corrected chi connectivity index (χ2v) is 8.66. The number of carbonyl (C=O) groups excluding carboxylic acids is 3. The molecule has 5 unspecified atom stereocenters. The molecule has 11 heteroatoms. The second-order valence-electron chi connectivity index (χ2n) is 8.66. The normalized spacial score (nSPS) is 19.3. The summed E-state index contributed by atoms with van der Waals surface area (Å²) >= 11 is 0. The van der Waals surface area contributed by atoms with Crippen LogP contribution in [0.2, 0.25) is 0 Å². The summed E-state index contributed by atoms with van der Waals surface area (Å²) in [4.78, 5) is 54.0. The second kappa shape index (κ2) is 10.7. The number of aromatic nitrogens is 1. The molecule has 0 bridgehead atoms. The van der Waals surface area contributed by atoms with Crippen molar-refractivity contribution in [3.8, 4) is 0 Å². The molecule has 11 nitrogen and oxygen atoms in total. The van der Waals surface area contributed by atoms with Gasteiger partial charge in [0.05, 0.1) is 12.1 Å². The summed E-state index contributed by atoms with van der Waals surface area (Å²) in [5, 5.41) is 24.3. The van der Waals surface area contributed by atoms with Gasteiger partial charge >= 0.3 is 5.97 Å². The van der Waals surface area contributed by atoms with Gasteiger partial charge in [0.2, 0.25) is 17.7 Å². The lowest BCUT2D eigenvalue weighted by Gasteiger charge is -2.28. The summed E-state index contributed by atoms with van der Waals surface area (Å²) in [5.41, 5.74) is 8.08. The summed E-state index contributed by atoms with van der Waals surface area (Å²) in [6.07, 6.45) is 1.86. The van der Waals surface area contributed by atoms with Crippen LogP contribution in [0.4, 0.5) is 0 Å². The third-order valence-corrected chi connectivity index (χ3v) is 6.07. The largest absolute Gasteiger partial charge is 0.480 e. The molecule has 1 aromatic heterocycles. The first kappa shape index (κ1) is 25.2. The fourth-order valence-corrected chi connectivity index (χ4v) is 4.18. The molecule has 3 amide bonds. The van der Waals surface area contributed by atoms with E-state index in [-0.39, 0.29) is 5.91 Å². The molecule has 1 fully saturated rings. The Balaban J connectivity index is 1.61. The Bertz CT molecular complexity index is 1070. The zero-order chi connectivity index (χ0) is 25.0. The van der Waals surface area contributed by atoms with Gasteiger partial charge in [0, 0.05) is 23.6 Å². The summed E-state index contributed by atoms with van der Waals surface area (Å²) in [7, 11) is 0. The quantitative estimate of drug-likeness (QED) is 0.284. The van der Waals surface area contributed by atoms with E-state index in [1.165, 1.54) is 18.7 Å². The zero-order valence-corrected chi connectivity index (χ0v) is 19.2. The highest BCUT2D eigenvalue weighted by Gasteiger charge is 2.37. The molecule has 0 aliphatic carbocycles. The molecule has 2 heterocycles. The van der Waals surface area contributed by atoms with Gasteiger partial charge in [-0.3, -0.25) is 14.4 Å². The van der Waals surface area contributed by atoms with Crippen molar-refractivity contribution in [3.05, 3.63) is 36.0 Å². The average Bonchev–Trinajstić information content (AvgIpc) is 3.44. The summed E-state index contributed by atoms with van der Waals surface area (Å²) in [6.45, 7) is 3.02. The number of hydrogen-bond donors (Lipinski definition) is 6. The molecule has 5 atom stereocenters. The number of H-pyrrole nitrogens is 1. The van der Waals surface area contributed by atoms with E-state index in [2.05, 4.69) is 15.6 Å². The molecule has 2 aromatic rings. The SMILES string of the molecule is CC(NC(=O)C1CCCN1C(=O)C(N)Cc1c[nH]c2ccccc12)C(=O)NC(C(=O)O)C(C)O. The molecule has 34 heavy (non-hydrogen) atoms. The van der Waals surface area contributed by atoms with Gasteiger partial charge in [-0.15, -0.1) is 0 Å². The summed E-state index contributed by atoms with van der Waals surface area (Å²) in [6, 6.07) is 3.52. The third-order valence-electron chi connectivity index (χ3n) is 6.07. The van der Waals surface area contributed by atoms with Gasteiger partial charge in [-0.1, -0.05) is 18.2 Å². The van der Waals surface area contributed by atoms with E-state index in [1.807, 2.05) is 30.5 Å². The van der Waals surface area contributed by atoms with Crippen molar-refractivity contribution in [2.24, 2.45) is 5.73 Å². The molecule has 3 rings (SSSR count). The van der Waals surface area contributed by atoms with Gasteiger partial charge in [-0.25, -0.2) is 4.79 Å². The number of fused-ring (bicyclic) bond motifs is 1. The number of aromatic amines is 1. The Hall–Kier alpha value is -3.44. The Labute approximate surface area is 196 Å². The molecule has 1 aliphatic rings. The predicted molar refractivity (Wildman–Crippen MR) is 124 cm³/mol. The molecule has 1 aromatic carbocycles. The molecule has 0 saturated carbocycles. The van der Waals surface area contributed by atoms with E-state index >= 15 is 0 Å². The topological polar surface area (TPSA) is 178 Å². The van der Waals surface area contributed by atoms with Gasteiger partial charge in [0.1, 0.15) is 12.1 Å². The number of nitrogens with two attached hydrogens (primary N) is 1. The predicted octanol–water partition coefficient (Wildman–Crippen LogP) is -0.516. The van der Waals surface area contributed by atoms with Crippen LogP contribution in [0.3, 0.4) is 0 Å². The number of aliphatic carboxylic acids is 1. The number of amides is 3. The van der Waals surface area contributed by atoms with Crippen LogP contribution in [-0.2, 0) is 25.6 Å². The first-order valence-corrected chi connectivity index (χ1v) is 11.2. The van der Waals surface area contributed by atoms with Crippen molar-refractivity contribution < 1.29 is 29.4 Å². The summed E-state index contributed by atoms with van der Waals surface area (Å²) < 4.78 is 0. The number of rotatable bonds is 9. The monoisotopic (exact) mass is 473 g/mol. The van der Waals surface area contributed by atoms with Crippen LogP contribution in [0.15, 0.2) is 30.5 Å². The molecule has 184 valence electrons. The Morgan fingerprint density at radius 2 is 1.91 bits per heavy atom. The van der Waals surface area contributed by atoms with Crippen LogP contribution in [0.1, 0.15) is 32.3 Å². The van der Waals surface area contributed by atoms with E-state index in [0.29, 0.717) is 25.8 Å². The van der Waals surface area contributed by atoms with Crippen molar-refractivity contribution >= 4 is 34.6 Å². The minimum absolute atomic E-state index is 0.308. The highest BCUT2D eigenvalue weighted by Crippen LogP contribution is 2.22. The number of para-hydroxylation sites is 1. The maximum Gasteiger partial charge on any atom is 0.328 e. The molecule has 0 radical (unpaired) electrons. The number of carboxylic acids is 1. The maximum atomic E-state index is 13.1. The van der Waals surface area contributed by atoms with Crippen molar-refractivity contribution in [1.82, 2.24) is 20.5 Å². The minimum Gasteiger partial charge on any atom is -0.480 e. The van der Waals surface area contributed by atoms with Gasteiger partial charge in [-0.05, 0) is 44.7 Å². The number of aliphatic hydroxyl groups excluding tert-OH is 1. The number of aliphatic hydroxyl groups is 1. The number of nitrogens with zero attached hydrogens (tertiary/aromatic N) is 1. The minimum atomic E-state index is -1.50. The van der Waals surface area contributed by atoms with Crippen LogP contribution in [0.25, 0.3) is 10.9 Å². The molecular formula is C23H31N5O6. The third kappa shape index (κ3) is 5.54. The maximum absolute atomic E-state index is 13.1. The number of likely N-dealkylation sites (tertiary alicyclic amines) is 1. The standard InChI is InChI=1S/C23H31N5O6/c1-12(20(30)27-19(13(2)29)23(33)34)26-21(31)18-8-5-9-28(18)22(32)16(24)10-14-11-25-17-7-4-3-6-15(14)17/h3-4,6-7,11-13,16,18-19,25,29H,5,8-10,24H2,1-2H3,(H,26,31)(H,27,30)(H,33,34). The van der Waals surface area contributed by atoms with Gasteiger partial charge in [0.15, 0.2) is 6.04 Å².